The molecule has 2 rings (SSSR count). The number of benzene rings is 2. The van der Waals surface area contributed by atoms with Gasteiger partial charge < -0.3 is 15.5 Å². The maximum atomic E-state index is 11.6. The molecule has 0 aliphatic heterocycles. The first kappa shape index (κ1) is 27.2. The summed E-state index contributed by atoms with van der Waals surface area (Å²) in [5.74, 6) is 0.797. The van der Waals surface area contributed by atoms with E-state index in [0.717, 1.165) is 44.1 Å². The van der Waals surface area contributed by atoms with Crippen LogP contribution >= 0.6 is 24.0 Å². The van der Waals surface area contributed by atoms with Crippen molar-refractivity contribution in [1.82, 2.24) is 10.6 Å². The molecule has 2 aromatic rings. The topological polar surface area (TPSA) is 73.8 Å². The largest absolute Gasteiger partial charge is 0.370 e. The van der Waals surface area contributed by atoms with E-state index in [0.29, 0.717) is 11.4 Å². The zero-order valence-corrected chi connectivity index (χ0v) is 22.0. The fourth-order valence-electron chi connectivity index (χ4n) is 3.15. The van der Waals surface area contributed by atoms with Gasteiger partial charge >= 0.3 is 0 Å². The van der Waals surface area contributed by atoms with Gasteiger partial charge in [0.05, 0.1) is 4.90 Å². The van der Waals surface area contributed by atoms with Crippen LogP contribution in [0, 0.1) is 6.92 Å². The molecule has 0 radical (unpaired) electrons. The van der Waals surface area contributed by atoms with Gasteiger partial charge in [0, 0.05) is 44.7 Å². The Balaban J connectivity index is 0.00000480. The summed E-state index contributed by atoms with van der Waals surface area (Å²) in [7, 11) is -3.15. The molecule has 2 aromatic carbocycles. The van der Waals surface area contributed by atoms with Gasteiger partial charge in [-0.2, -0.15) is 0 Å². The monoisotopic (exact) mass is 558 g/mol. The summed E-state index contributed by atoms with van der Waals surface area (Å²) in [6, 6.07) is 15.6. The van der Waals surface area contributed by atoms with E-state index in [-0.39, 0.29) is 24.0 Å². The number of likely N-dealkylation sites (N-methyl/N-ethyl adjacent to an activating group) is 1. The summed E-state index contributed by atoms with van der Waals surface area (Å²) in [6.07, 6.45) is 1.98. The van der Waals surface area contributed by atoms with Crippen molar-refractivity contribution in [3.8, 4) is 0 Å². The molecular weight excluding hydrogens is 523 g/mol. The second-order valence-electron chi connectivity index (χ2n) is 7.27. The smallest absolute Gasteiger partial charge is 0.191 e. The number of hydrogen-bond acceptors (Lipinski definition) is 4. The van der Waals surface area contributed by atoms with Crippen LogP contribution in [0.25, 0.3) is 0 Å². The van der Waals surface area contributed by atoms with Gasteiger partial charge in [-0.05, 0) is 62.6 Å². The van der Waals surface area contributed by atoms with E-state index in [1.165, 1.54) is 17.5 Å². The van der Waals surface area contributed by atoms with Crippen molar-refractivity contribution in [2.75, 3.05) is 43.9 Å². The molecule has 0 spiro atoms. The lowest BCUT2D eigenvalue weighted by Gasteiger charge is -2.24. The Morgan fingerprint density at radius 1 is 1.06 bits per heavy atom. The zero-order valence-electron chi connectivity index (χ0n) is 18.9. The van der Waals surface area contributed by atoms with Crippen LogP contribution in [-0.4, -0.2) is 53.4 Å². The quantitative estimate of drug-likeness (QED) is 0.265. The van der Waals surface area contributed by atoms with Crippen LogP contribution in [0.3, 0.4) is 0 Å². The van der Waals surface area contributed by atoms with Gasteiger partial charge in [0.25, 0.3) is 0 Å². The van der Waals surface area contributed by atoms with Gasteiger partial charge in [0.2, 0.25) is 0 Å². The Hall–Kier alpha value is -1.81. The minimum absolute atomic E-state index is 0. The van der Waals surface area contributed by atoms with Gasteiger partial charge in [-0.3, -0.25) is 4.99 Å². The van der Waals surface area contributed by atoms with Gasteiger partial charge in [-0.1, -0.05) is 24.3 Å². The Bertz CT molecular complexity index is 931. The Kier molecular flexibility index (Phi) is 11.9. The van der Waals surface area contributed by atoms with Crippen molar-refractivity contribution in [3.63, 3.8) is 0 Å². The molecule has 0 aliphatic rings. The number of anilines is 1. The van der Waals surface area contributed by atoms with E-state index in [4.69, 9.17) is 0 Å². The molecule has 0 aliphatic carbocycles. The van der Waals surface area contributed by atoms with E-state index in [1.54, 1.807) is 12.1 Å². The fraction of sp³-hybridized carbons (Fsp3) is 0.435. The predicted molar refractivity (Wildman–Crippen MR) is 142 cm³/mol. The number of nitrogens with zero attached hydrogens (tertiary/aromatic N) is 2. The van der Waals surface area contributed by atoms with Crippen LogP contribution in [-0.2, 0) is 16.3 Å². The molecule has 0 heterocycles. The minimum Gasteiger partial charge on any atom is -0.370 e. The zero-order chi connectivity index (χ0) is 22.0. The van der Waals surface area contributed by atoms with E-state index >= 15 is 0 Å². The highest BCUT2D eigenvalue weighted by molar-refractivity contribution is 14.0. The molecule has 8 heteroatoms. The summed E-state index contributed by atoms with van der Waals surface area (Å²) < 4.78 is 23.1. The van der Waals surface area contributed by atoms with Crippen molar-refractivity contribution in [3.05, 3.63) is 59.7 Å². The maximum Gasteiger partial charge on any atom is 0.191 e. The second kappa shape index (κ2) is 13.6. The highest BCUT2D eigenvalue weighted by Gasteiger charge is 2.07. The normalized spacial score (nSPS) is 11.5. The third-order valence-electron chi connectivity index (χ3n) is 4.79. The van der Waals surface area contributed by atoms with E-state index < -0.39 is 9.84 Å². The Morgan fingerprint density at radius 2 is 1.77 bits per heavy atom. The average molecular weight is 559 g/mol. The second-order valence-corrected chi connectivity index (χ2v) is 9.29. The third-order valence-corrected chi connectivity index (χ3v) is 5.92. The van der Waals surface area contributed by atoms with Crippen LogP contribution < -0.4 is 15.5 Å². The van der Waals surface area contributed by atoms with Gasteiger partial charge in [0.1, 0.15) is 0 Å². The number of guanidine groups is 1. The summed E-state index contributed by atoms with van der Waals surface area (Å²) in [4.78, 5) is 7.33. The van der Waals surface area contributed by atoms with Gasteiger partial charge in [0.15, 0.2) is 15.8 Å². The Morgan fingerprint density at radius 3 is 2.35 bits per heavy atom. The number of halogens is 1. The first-order valence-corrected chi connectivity index (χ1v) is 12.4. The summed E-state index contributed by atoms with van der Waals surface area (Å²) >= 11 is 0. The first-order chi connectivity index (χ1) is 14.3. The van der Waals surface area contributed by atoms with Gasteiger partial charge in [-0.25, -0.2) is 8.42 Å². The SMILES string of the molecule is CCNC(=NCCc1ccc(S(C)(=O)=O)cc1)NCCN(CC)c1cccc(C)c1.I. The third kappa shape index (κ3) is 9.47. The maximum absolute atomic E-state index is 11.6. The lowest BCUT2D eigenvalue weighted by Crippen LogP contribution is -2.41. The van der Waals surface area contributed by atoms with Crippen LogP contribution in [0.15, 0.2) is 58.4 Å². The number of hydrogen-bond donors (Lipinski definition) is 2. The van der Waals surface area contributed by atoms with Crippen LogP contribution in [0.2, 0.25) is 0 Å². The molecule has 172 valence electrons. The number of sulfone groups is 1. The molecule has 0 amide bonds. The standard InChI is InChI=1S/C23H34N4O2S.HI/c1-5-24-23(25-15-14-20-10-12-22(13-11-20)30(4,28)29)26-16-17-27(6-2)21-9-7-8-19(3)18-21;/h7-13,18H,5-6,14-17H2,1-4H3,(H2,24,25,26);1H. The minimum atomic E-state index is -3.15. The van der Waals surface area contributed by atoms with Crippen molar-refractivity contribution in [2.24, 2.45) is 4.99 Å². The van der Waals surface area contributed by atoms with Crippen molar-refractivity contribution in [1.29, 1.82) is 0 Å². The fourth-order valence-corrected chi connectivity index (χ4v) is 3.78. The molecule has 0 atom stereocenters. The van der Waals surface area contributed by atoms with Crippen molar-refractivity contribution < 1.29 is 8.42 Å². The summed E-state index contributed by atoms with van der Waals surface area (Å²) in [6.45, 7) is 10.4. The number of aryl methyl sites for hydroxylation is 1. The molecule has 0 unspecified atom stereocenters. The van der Waals surface area contributed by atoms with Crippen molar-refractivity contribution >= 4 is 45.5 Å². The molecule has 6 nitrogen and oxygen atoms in total. The first-order valence-electron chi connectivity index (χ1n) is 10.5. The molecule has 0 aromatic heterocycles. The van der Waals surface area contributed by atoms with Crippen LogP contribution in [0.1, 0.15) is 25.0 Å². The van der Waals surface area contributed by atoms with Gasteiger partial charge in [-0.15, -0.1) is 24.0 Å². The van der Waals surface area contributed by atoms with E-state index in [1.807, 2.05) is 19.1 Å². The molecule has 31 heavy (non-hydrogen) atoms. The van der Waals surface area contributed by atoms with Crippen LogP contribution in [0.5, 0.6) is 0 Å². The lowest BCUT2D eigenvalue weighted by atomic mass is 10.1. The predicted octanol–water partition coefficient (Wildman–Crippen LogP) is 3.64. The average Bonchev–Trinajstić information content (AvgIpc) is 2.71. The van der Waals surface area contributed by atoms with Crippen LogP contribution in [0.4, 0.5) is 5.69 Å². The molecule has 0 saturated carbocycles. The highest BCUT2D eigenvalue weighted by atomic mass is 127. The number of rotatable bonds is 10. The van der Waals surface area contributed by atoms with E-state index in [9.17, 15) is 8.42 Å². The lowest BCUT2D eigenvalue weighted by molar-refractivity contribution is 0.602. The molecule has 0 saturated heterocycles. The molecular formula is C23H35IN4O2S. The van der Waals surface area contributed by atoms with E-state index in [2.05, 4.69) is 58.6 Å². The molecule has 0 fully saturated rings. The summed E-state index contributed by atoms with van der Waals surface area (Å²) in [5, 5.41) is 6.68. The highest BCUT2D eigenvalue weighted by Crippen LogP contribution is 2.15. The Labute approximate surface area is 204 Å². The number of aliphatic imine (C=N–C) groups is 1. The molecule has 0 bridgehead atoms. The molecule has 2 N–H and O–H groups in total. The van der Waals surface area contributed by atoms with Crippen molar-refractivity contribution in [2.45, 2.75) is 32.1 Å². The summed E-state index contributed by atoms with van der Waals surface area (Å²) in [5.41, 5.74) is 3.57. The number of nitrogens with one attached hydrogen (secondary N) is 2.